The summed E-state index contributed by atoms with van der Waals surface area (Å²) in [4.78, 5) is 29.1. The number of rotatable bonds is 3. The van der Waals surface area contributed by atoms with Gasteiger partial charge in [-0.1, -0.05) is 17.7 Å². The van der Waals surface area contributed by atoms with Crippen LogP contribution in [0, 0.1) is 5.92 Å². The van der Waals surface area contributed by atoms with E-state index >= 15 is 0 Å². The van der Waals surface area contributed by atoms with Gasteiger partial charge in [-0.05, 0) is 36.2 Å². The molecule has 1 aliphatic rings. The number of likely N-dealkylation sites (tertiary alicyclic amines) is 1. The van der Waals surface area contributed by atoms with Crippen molar-refractivity contribution in [1.82, 2.24) is 9.88 Å². The van der Waals surface area contributed by atoms with E-state index in [0.29, 0.717) is 24.7 Å². The Morgan fingerprint density at radius 2 is 2.19 bits per heavy atom. The lowest BCUT2D eigenvalue weighted by Gasteiger charge is -2.16. The van der Waals surface area contributed by atoms with E-state index in [2.05, 4.69) is 4.98 Å². The maximum absolute atomic E-state index is 12.1. The fourth-order valence-electron chi connectivity index (χ4n) is 2.63. The summed E-state index contributed by atoms with van der Waals surface area (Å²) in [7, 11) is 0. The summed E-state index contributed by atoms with van der Waals surface area (Å²) in [6, 6.07) is 9.40. The second-order valence-electron chi connectivity index (χ2n) is 5.16. The molecule has 2 aromatic rings. The third kappa shape index (κ3) is 2.69. The summed E-state index contributed by atoms with van der Waals surface area (Å²) in [5.74, 6) is -1.40. The van der Waals surface area contributed by atoms with Crippen LogP contribution in [0.15, 0.2) is 30.3 Å². The molecule has 0 saturated carbocycles. The fraction of sp³-hybridized carbons (Fsp3) is 0.267. The Morgan fingerprint density at radius 1 is 1.38 bits per heavy atom. The maximum Gasteiger partial charge on any atom is 0.235 e. The number of pyridine rings is 1. The first kappa shape index (κ1) is 13.8. The first-order chi connectivity index (χ1) is 10.0. The molecular formula is C15H14ClN3O2. The van der Waals surface area contributed by atoms with Crippen molar-refractivity contribution in [1.29, 1.82) is 0 Å². The van der Waals surface area contributed by atoms with E-state index in [1.54, 1.807) is 11.0 Å². The normalized spacial score (nSPS) is 18.4. The Bertz CT molecular complexity index is 732. The lowest BCUT2D eigenvalue weighted by atomic mass is 10.1. The minimum atomic E-state index is -0.675. The van der Waals surface area contributed by atoms with Crippen molar-refractivity contribution in [2.45, 2.75) is 13.0 Å². The quantitative estimate of drug-likeness (QED) is 0.693. The zero-order chi connectivity index (χ0) is 15.0. The number of carbonyl (C=O) groups excluding carboxylic acids is 2. The SMILES string of the molecule is NC(=O)[C@@H]1CCN(Cc2ccc3nc(Cl)ccc3c2)C1=O. The molecule has 5 nitrogen and oxygen atoms in total. The largest absolute Gasteiger partial charge is 0.369 e. The lowest BCUT2D eigenvalue weighted by Crippen LogP contribution is -2.33. The summed E-state index contributed by atoms with van der Waals surface area (Å²) >= 11 is 5.85. The van der Waals surface area contributed by atoms with Crippen LogP contribution in [-0.2, 0) is 16.1 Å². The van der Waals surface area contributed by atoms with Gasteiger partial charge in [-0.15, -0.1) is 0 Å². The Kier molecular flexibility index (Phi) is 3.51. The Balaban J connectivity index is 1.81. The lowest BCUT2D eigenvalue weighted by molar-refractivity contribution is -0.136. The van der Waals surface area contributed by atoms with E-state index in [0.717, 1.165) is 16.5 Å². The maximum atomic E-state index is 12.1. The molecule has 1 fully saturated rings. The van der Waals surface area contributed by atoms with Gasteiger partial charge in [0, 0.05) is 18.5 Å². The van der Waals surface area contributed by atoms with Crippen LogP contribution in [0.3, 0.4) is 0 Å². The highest BCUT2D eigenvalue weighted by Gasteiger charge is 2.35. The van der Waals surface area contributed by atoms with Gasteiger partial charge in [-0.25, -0.2) is 4.98 Å². The number of nitrogens with zero attached hydrogens (tertiary/aromatic N) is 2. The van der Waals surface area contributed by atoms with E-state index < -0.39 is 11.8 Å². The number of halogens is 1. The topological polar surface area (TPSA) is 76.3 Å². The summed E-state index contributed by atoms with van der Waals surface area (Å²) in [6.45, 7) is 1.03. The van der Waals surface area contributed by atoms with Gasteiger partial charge in [0.1, 0.15) is 11.1 Å². The first-order valence-electron chi connectivity index (χ1n) is 6.68. The van der Waals surface area contributed by atoms with Crippen LogP contribution in [0.5, 0.6) is 0 Å². The molecule has 0 aliphatic carbocycles. The predicted molar refractivity (Wildman–Crippen MR) is 79.5 cm³/mol. The van der Waals surface area contributed by atoms with Crippen LogP contribution >= 0.6 is 11.6 Å². The molecule has 0 radical (unpaired) electrons. The Labute approximate surface area is 126 Å². The van der Waals surface area contributed by atoms with Crippen molar-refractivity contribution in [2.24, 2.45) is 11.7 Å². The van der Waals surface area contributed by atoms with Gasteiger partial charge in [0.05, 0.1) is 5.52 Å². The zero-order valence-electron chi connectivity index (χ0n) is 11.3. The average molecular weight is 304 g/mol. The highest BCUT2D eigenvalue weighted by atomic mass is 35.5. The number of primary amides is 1. The van der Waals surface area contributed by atoms with E-state index in [9.17, 15) is 9.59 Å². The zero-order valence-corrected chi connectivity index (χ0v) is 12.0. The molecule has 2 heterocycles. The van der Waals surface area contributed by atoms with Crippen LogP contribution in [0.2, 0.25) is 5.15 Å². The van der Waals surface area contributed by atoms with Crippen molar-refractivity contribution >= 4 is 34.3 Å². The standard InChI is InChI=1S/C15H14ClN3O2/c16-13-4-2-10-7-9(1-3-12(10)18-13)8-19-6-5-11(14(17)20)15(19)21/h1-4,7,11H,5-6,8H2,(H2,17,20)/t11-/m0/s1. The monoisotopic (exact) mass is 303 g/mol. The van der Waals surface area contributed by atoms with E-state index in [4.69, 9.17) is 17.3 Å². The highest BCUT2D eigenvalue weighted by Crippen LogP contribution is 2.22. The predicted octanol–water partition coefficient (Wildman–Crippen LogP) is 1.72. The number of fused-ring (bicyclic) bond motifs is 1. The number of hydrogen-bond acceptors (Lipinski definition) is 3. The van der Waals surface area contributed by atoms with E-state index in [1.807, 2.05) is 24.3 Å². The summed E-state index contributed by atoms with van der Waals surface area (Å²) in [5.41, 5.74) is 7.03. The first-order valence-corrected chi connectivity index (χ1v) is 7.06. The third-order valence-corrected chi connectivity index (χ3v) is 3.94. The molecule has 0 unspecified atom stereocenters. The molecule has 2 amide bonds. The average Bonchev–Trinajstić information content (AvgIpc) is 2.80. The minimum Gasteiger partial charge on any atom is -0.369 e. The molecule has 1 atom stereocenters. The molecule has 6 heteroatoms. The second-order valence-corrected chi connectivity index (χ2v) is 5.55. The fourth-order valence-corrected chi connectivity index (χ4v) is 2.78. The smallest absolute Gasteiger partial charge is 0.235 e. The minimum absolute atomic E-state index is 0.183. The van der Waals surface area contributed by atoms with Crippen LogP contribution in [0.25, 0.3) is 10.9 Å². The molecule has 1 aliphatic heterocycles. The Morgan fingerprint density at radius 3 is 2.90 bits per heavy atom. The van der Waals surface area contributed by atoms with Crippen LogP contribution < -0.4 is 5.73 Å². The highest BCUT2D eigenvalue weighted by molar-refractivity contribution is 6.29. The van der Waals surface area contributed by atoms with Crippen molar-refractivity contribution in [3.8, 4) is 0 Å². The van der Waals surface area contributed by atoms with Gasteiger partial charge in [-0.3, -0.25) is 9.59 Å². The number of aromatic nitrogens is 1. The molecule has 1 aromatic heterocycles. The van der Waals surface area contributed by atoms with Crippen LogP contribution in [0.4, 0.5) is 0 Å². The summed E-state index contributed by atoms with van der Waals surface area (Å²) < 4.78 is 0. The molecule has 21 heavy (non-hydrogen) atoms. The molecule has 0 bridgehead atoms. The Hall–Kier alpha value is -2.14. The van der Waals surface area contributed by atoms with Crippen molar-refractivity contribution in [3.05, 3.63) is 41.0 Å². The molecule has 1 saturated heterocycles. The number of benzene rings is 1. The molecular weight excluding hydrogens is 290 g/mol. The van der Waals surface area contributed by atoms with Gasteiger partial charge < -0.3 is 10.6 Å². The van der Waals surface area contributed by atoms with Gasteiger partial charge in [0.25, 0.3) is 0 Å². The number of hydrogen-bond donors (Lipinski definition) is 1. The van der Waals surface area contributed by atoms with Crippen molar-refractivity contribution in [3.63, 3.8) is 0 Å². The van der Waals surface area contributed by atoms with Gasteiger partial charge in [0.2, 0.25) is 11.8 Å². The van der Waals surface area contributed by atoms with Gasteiger partial charge >= 0.3 is 0 Å². The van der Waals surface area contributed by atoms with Crippen LogP contribution in [-0.4, -0.2) is 28.2 Å². The molecule has 1 aromatic carbocycles. The molecule has 0 spiro atoms. The molecule has 2 N–H and O–H groups in total. The van der Waals surface area contributed by atoms with E-state index in [1.165, 1.54) is 0 Å². The van der Waals surface area contributed by atoms with Crippen molar-refractivity contribution in [2.75, 3.05) is 6.54 Å². The molecule has 3 rings (SSSR count). The third-order valence-electron chi connectivity index (χ3n) is 3.73. The van der Waals surface area contributed by atoms with Crippen molar-refractivity contribution < 1.29 is 9.59 Å². The van der Waals surface area contributed by atoms with E-state index in [-0.39, 0.29) is 5.91 Å². The summed E-state index contributed by atoms with van der Waals surface area (Å²) in [5, 5.41) is 1.42. The van der Waals surface area contributed by atoms with Gasteiger partial charge in [0.15, 0.2) is 0 Å². The second kappa shape index (κ2) is 5.33. The number of nitrogens with two attached hydrogens (primary N) is 1. The van der Waals surface area contributed by atoms with Gasteiger partial charge in [-0.2, -0.15) is 0 Å². The number of carbonyl (C=O) groups is 2. The summed E-state index contributed by atoms with van der Waals surface area (Å²) in [6.07, 6.45) is 0.499. The van der Waals surface area contributed by atoms with Crippen LogP contribution in [0.1, 0.15) is 12.0 Å². The molecule has 108 valence electrons. The number of amides is 2.